The molecule has 15 heavy (non-hydrogen) atoms. The molecule has 0 fully saturated rings. The van der Waals surface area contributed by atoms with Gasteiger partial charge in [0, 0.05) is 13.2 Å². The number of hydrogen-bond donors (Lipinski definition) is 1. The van der Waals surface area contributed by atoms with Crippen LogP contribution in [0.15, 0.2) is 12.4 Å². The zero-order valence-corrected chi connectivity index (χ0v) is 8.26. The van der Waals surface area contributed by atoms with Gasteiger partial charge in [-0.15, -0.1) is 0 Å². The first-order valence-corrected chi connectivity index (χ1v) is 4.23. The lowest BCUT2D eigenvalue weighted by molar-refractivity contribution is 0.0698. The predicted molar refractivity (Wildman–Crippen MR) is 52.0 cm³/mol. The van der Waals surface area contributed by atoms with Crippen LogP contribution < -0.4 is 4.74 Å². The van der Waals surface area contributed by atoms with E-state index in [-0.39, 0.29) is 5.56 Å². The fraction of sp³-hybridized carbons (Fsp3) is 0.222. The Balaban J connectivity index is 2.86. The highest BCUT2D eigenvalue weighted by atomic mass is 16.5. The monoisotopic (exact) mass is 207 g/mol. The summed E-state index contributed by atoms with van der Waals surface area (Å²) in [5.74, 6) is -0.651. The third-order valence-corrected chi connectivity index (χ3v) is 2.16. The van der Waals surface area contributed by atoms with Crippen molar-refractivity contribution in [2.75, 3.05) is 7.11 Å². The molecule has 0 atom stereocenters. The molecular weight excluding hydrogens is 198 g/mol. The van der Waals surface area contributed by atoms with Crippen LogP contribution in [0.5, 0.6) is 5.88 Å². The number of hydrogen-bond acceptors (Lipinski definition) is 4. The highest BCUT2D eigenvalue weighted by molar-refractivity contribution is 6.02. The summed E-state index contributed by atoms with van der Waals surface area (Å²) in [4.78, 5) is 14.8. The van der Waals surface area contributed by atoms with Crippen molar-refractivity contribution < 1.29 is 14.6 Å². The molecule has 0 radical (unpaired) electrons. The van der Waals surface area contributed by atoms with Crippen molar-refractivity contribution in [1.29, 1.82) is 0 Å². The van der Waals surface area contributed by atoms with E-state index >= 15 is 0 Å². The molecule has 2 heterocycles. The number of fused-ring (bicyclic) bond motifs is 1. The van der Waals surface area contributed by atoms with E-state index in [1.54, 1.807) is 7.05 Å². The number of aromatic nitrogens is 3. The van der Waals surface area contributed by atoms with Gasteiger partial charge in [0.05, 0.1) is 24.2 Å². The molecule has 0 amide bonds. The summed E-state index contributed by atoms with van der Waals surface area (Å²) in [6.07, 6.45) is 2.80. The third-order valence-electron chi connectivity index (χ3n) is 2.16. The van der Waals surface area contributed by atoms with Gasteiger partial charge in [-0.3, -0.25) is 4.68 Å². The third kappa shape index (κ3) is 1.30. The summed E-state index contributed by atoms with van der Waals surface area (Å²) >= 11 is 0. The molecule has 1 N–H and O–H groups in total. The molecule has 0 aromatic carbocycles. The van der Waals surface area contributed by atoms with Gasteiger partial charge < -0.3 is 9.84 Å². The van der Waals surface area contributed by atoms with Crippen molar-refractivity contribution in [3.63, 3.8) is 0 Å². The maximum Gasteiger partial charge on any atom is 0.339 e. The van der Waals surface area contributed by atoms with Gasteiger partial charge in [-0.25, -0.2) is 9.78 Å². The lowest BCUT2D eigenvalue weighted by Gasteiger charge is -2.03. The molecule has 2 aromatic heterocycles. The van der Waals surface area contributed by atoms with E-state index in [4.69, 9.17) is 9.84 Å². The van der Waals surface area contributed by atoms with Crippen molar-refractivity contribution in [3.05, 3.63) is 18.0 Å². The molecule has 0 aliphatic carbocycles. The molecule has 6 heteroatoms. The van der Waals surface area contributed by atoms with Crippen LogP contribution in [0.4, 0.5) is 0 Å². The highest BCUT2D eigenvalue weighted by Crippen LogP contribution is 2.25. The topological polar surface area (TPSA) is 77.2 Å². The van der Waals surface area contributed by atoms with Gasteiger partial charge in [0.25, 0.3) is 0 Å². The maximum atomic E-state index is 10.9. The minimum Gasteiger partial charge on any atom is -0.480 e. The van der Waals surface area contributed by atoms with Crippen LogP contribution in [-0.4, -0.2) is 33.0 Å². The Morgan fingerprint density at radius 2 is 2.27 bits per heavy atom. The number of rotatable bonds is 2. The Morgan fingerprint density at radius 1 is 1.53 bits per heavy atom. The number of carboxylic acids is 1. The van der Waals surface area contributed by atoms with Gasteiger partial charge >= 0.3 is 5.97 Å². The van der Waals surface area contributed by atoms with Crippen molar-refractivity contribution in [3.8, 4) is 5.88 Å². The Hall–Kier alpha value is -2.11. The first-order valence-electron chi connectivity index (χ1n) is 4.23. The minimum atomic E-state index is -1.03. The quantitative estimate of drug-likeness (QED) is 0.783. The summed E-state index contributed by atoms with van der Waals surface area (Å²) in [7, 11) is 3.16. The molecule has 0 aliphatic heterocycles. The first-order chi connectivity index (χ1) is 7.15. The van der Waals surface area contributed by atoms with Crippen LogP contribution in [0.2, 0.25) is 0 Å². The molecule has 0 saturated heterocycles. The minimum absolute atomic E-state index is 0.116. The lowest BCUT2D eigenvalue weighted by atomic mass is 10.2. The summed E-state index contributed by atoms with van der Waals surface area (Å²) in [5.41, 5.74) is 0.625. The second-order valence-electron chi connectivity index (χ2n) is 3.02. The number of nitrogens with zero attached hydrogens (tertiary/aromatic N) is 3. The van der Waals surface area contributed by atoms with Crippen molar-refractivity contribution in [2.24, 2.45) is 7.05 Å². The van der Waals surface area contributed by atoms with E-state index < -0.39 is 5.97 Å². The molecule has 2 aromatic rings. The number of ether oxygens (including phenoxy) is 1. The zero-order chi connectivity index (χ0) is 11.0. The van der Waals surface area contributed by atoms with Crippen LogP contribution in [-0.2, 0) is 7.05 Å². The fourth-order valence-electron chi connectivity index (χ4n) is 1.49. The normalized spacial score (nSPS) is 10.5. The molecular formula is C9H9N3O3. The fourth-order valence-corrected chi connectivity index (χ4v) is 1.49. The molecule has 2 rings (SSSR count). The van der Waals surface area contributed by atoms with E-state index in [1.807, 2.05) is 0 Å². The summed E-state index contributed by atoms with van der Waals surface area (Å²) in [5, 5.41) is 13.5. The summed E-state index contributed by atoms with van der Waals surface area (Å²) in [6, 6.07) is 0. The highest BCUT2D eigenvalue weighted by Gasteiger charge is 2.16. The largest absolute Gasteiger partial charge is 0.480 e. The Kier molecular flexibility index (Phi) is 2.03. The smallest absolute Gasteiger partial charge is 0.339 e. The average molecular weight is 207 g/mol. The van der Waals surface area contributed by atoms with Gasteiger partial charge in [-0.1, -0.05) is 0 Å². The number of carbonyl (C=O) groups is 1. The van der Waals surface area contributed by atoms with E-state index in [0.717, 1.165) is 0 Å². The van der Waals surface area contributed by atoms with E-state index in [1.165, 1.54) is 24.2 Å². The number of pyridine rings is 1. The van der Waals surface area contributed by atoms with E-state index in [9.17, 15) is 4.79 Å². The van der Waals surface area contributed by atoms with Crippen LogP contribution in [0.3, 0.4) is 0 Å². The van der Waals surface area contributed by atoms with E-state index in [0.29, 0.717) is 16.8 Å². The second-order valence-corrected chi connectivity index (χ2v) is 3.02. The van der Waals surface area contributed by atoms with Crippen LogP contribution in [0.1, 0.15) is 10.4 Å². The Morgan fingerprint density at radius 3 is 2.87 bits per heavy atom. The van der Waals surface area contributed by atoms with Gasteiger partial charge in [-0.05, 0) is 0 Å². The van der Waals surface area contributed by atoms with Gasteiger partial charge in [0.15, 0.2) is 0 Å². The molecule has 78 valence electrons. The first kappa shape index (κ1) is 9.45. The van der Waals surface area contributed by atoms with E-state index in [2.05, 4.69) is 10.1 Å². The zero-order valence-electron chi connectivity index (χ0n) is 8.26. The molecule has 0 spiro atoms. The standard InChI is InChI=1S/C9H9N3O3/c1-12-7-5(4-11-12)8(15-2)10-3-6(7)9(13)14/h3-4H,1-2H3,(H,13,14). The number of methoxy groups -OCH3 is 1. The van der Waals surface area contributed by atoms with Crippen molar-refractivity contribution >= 4 is 16.9 Å². The molecule has 0 saturated carbocycles. The predicted octanol–water partition coefficient (Wildman–Crippen LogP) is 0.675. The number of aromatic carboxylic acids is 1. The Bertz CT molecular complexity index is 533. The average Bonchev–Trinajstić information content (AvgIpc) is 2.60. The number of carboxylic acid groups (broad SMARTS) is 1. The molecule has 6 nitrogen and oxygen atoms in total. The summed E-state index contributed by atoms with van der Waals surface area (Å²) in [6.45, 7) is 0. The molecule has 0 aliphatic rings. The van der Waals surface area contributed by atoms with Gasteiger partial charge in [0.2, 0.25) is 5.88 Å². The van der Waals surface area contributed by atoms with Gasteiger partial charge in [0.1, 0.15) is 5.56 Å². The number of aryl methyl sites for hydroxylation is 1. The maximum absolute atomic E-state index is 10.9. The summed E-state index contributed by atoms with van der Waals surface area (Å²) < 4.78 is 6.51. The van der Waals surface area contributed by atoms with Crippen LogP contribution >= 0.6 is 0 Å². The SMILES string of the molecule is COc1ncc(C(=O)O)c2c1cnn2C. The second kappa shape index (κ2) is 3.23. The van der Waals surface area contributed by atoms with Gasteiger partial charge in [-0.2, -0.15) is 5.10 Å². The van der Waals surface area contributed by atoms with Crippen LogP contribution in [0, 0.1) is 0 Å². The van der Waals surface area contributed by atoms with Crippen molar-refractivity contribution in [1.82, 2.24) is 14.8 Å². The lowest BCUT2D eigenvalue weighted by Crippen LogP contribution is -2.03. The van der Waals surface area contributed by atoms with Crippen LogP contribution in [0.25, 0.3) is 10.9 Å². The molecule has 0 bridgehead atoms. The van der Waals surface area contributed by atoms with Crippen molar-refractivity contribution in [2.45, 2.75) is 0 Å². The Labute approximate surface area is 85.1 Å². The molecule has 0 unspecified atom stereocenters.